The fourth-order valence-corrected chi connectivity index (χ4v) is 3.37. The lowest BCUT2D eigenvalue weighted by molar-refractivity contribution is 0.102. The Morgan fingerprint density at radius 3 is 2.64 bits per heavy atom. The van der Waals surface area contributed by atoms with Crippen LogP contribution >= 0.6 is 11.3 Å². The number of hydrogen-bond acceptors (Lipinski definition) is 5. The molecular formula is C21H19N5OS. The lowest BCUT2D eigenvalue weighted by atomic mass is 10.0. The molecule has 28 heavy (non-hydrogen) atoms. The lowest BCUT2D eigenvalue weighted by Gasteiger charge is -2.05. The van der Waals surface area contributed by atoms with E-state index in [0.717, 1.165) is 16.7 Å². The van der Waals surface area contributed by atoms with Gasteiger partial charge in [-0.2, -0.15) is 5.10 Å². The predicted molar refractivity (Wildman–Crippen MR) is 111 cm³/mol. The number of anilines is 1. The summed E-state index contributed by atoms with van der Waals surface area (Å²) in [4.78, 5) is 12.9. The van der Waals surface area contributed by atoms with Crippen molar-refractivity contribution >= 4 is 22.4 Å². The van der Waals surface area contributed by atoms with E-state index in [4.69, 9.17) is 5.10 Å². The summed E-state index contributed by atoms with van der Waals surface area (Å²) in [5.41, 5.74) is 7.14. The number of nitrogens with one attached hydrogen (secondary N) is 1. The van der Waals surface area contributed by atoms with Crippen molar-refractivity contribution in [3.8, 4) is 11.3 Å². The smallest absolute Gasteiger partial charge is 0.261 e. The monoisotopic (exact) mass is 389 g/mol. The molecule has 2 heterocycles. The quantitative estimate of drug-likeness (QED) is 0.552. The topological polar surface area (TPSA) is 72.7 Å². The van der Waals surface area contributed by atoms with E-state index in [1.54, 1.807) is 16.4 Å². The van der Waals surface area contributed by atoms with Gasteiger partial charge < -0.3 is 0 Å². The molecule has 0 spiro atoms. The van der Waals surface area contributed by atoms with Crippen LogP contribution in [0.3, 0.4) is 0 Å². The SMILES string of the molecule is Cc1ccc(-c2nn(Cc3ccccc3)cc2C(=O)Nc2nncs2)cc1C. The number of aromatic nitrogens is 4. The summed E-state index contributed by atoms with van der Waals surface area (Å²) in [6.45, 7) is 4.71. The maximum atomic E-state index is 12.9. The van der Waals surface area contributed by atoms with E-state index >= 15 is 0 Å². The Labute approximate surface area is 166 Å². The Bertz CT molecular complexity index is 1100. The van der Waals surface area contributed by atoms with E-state index in [2.05, 4.69) is 35.4 Å². The molecule has 0 saturated heterocycles. The van der Waals surface area contributed by atoms with Gasteiger partial charge in [0, 0.05) is 11.8 Å². The van der Waals surface area contributed by atoms with E-state index in [1.807, 2.05) is 42.5 Å². The maximum Gasteiger partial charge on any atom is 0.261 e. The largest absolute Gasteiger partial charge is 0.296 e. The number of rotatable bonds is 5. The van der Waals surface area contributed by atoms with Crippen molar-refractivity contribution in [2.24, 2.45) is 0 Å². The highest BCUT2D eigenvalue weighted by Gasteiger charge is 2.19. The number of nitrogens with zero attached hydrogens (tertiary/aromatic N) is 4. The van der Waals surface area contributed by atoms with E-state index < -0.39 is 0 Å². The molecule has 2 aromatic heterocycles. The Balaban J connectivity index is 1.73. The highest BCUT2D eigenvalue weighted by atomic mass is 32.1. The van der Waals surface area contributed by atoms with Crippen molar-refractivity contribution in [3.05, 3.63) is 82.5 Å². The summed E-state index contributed by atoms with van der Waals surface area (Å²) in [5.74, 6) is -0.246. The zero-order chi connectivity index (χ0) is 19.5. The second kappa shape index (κ2) is 7.74. The van der Waals surface area contributed by atoms with Crippen molar-refractivity contribution in [1.82, 2.24) is 20.0 Å². The van der Waals surface area contributed by atoms with Crippen LogP contribution in [-0.2, 0) is 6.54 Å². The minimum Gasteiger partial charge on any atom is -0.296 e. The number of amides is 1. The Hall–Kier alpha value is -3.32. The second-order valence-corrected chi connectivity index (χ2v) is 7.40. The molecule has 0 aliphatic heterocycles. The molecule has 7 heteroatoms. The third-order valence-electron chi connectivity index (χ3n) is 4.55. The molecule has 0 atom stereocenters. The van der Waals surface area contributed by atoms with Gasteiger partial charge in [0.05, 0.1) is 12.1 Å². The van der Waals surface area contributed by atoms with E-state index in [0.29, 0.717) is 22.9 Å². The second-order valence-electron chi connectivity index (χ2n) is 6.57. The minimum atomic E-state index is -0.246. The number of aryl methyl sites for hydroxylation is 2. The summed E-state index contributed by atoms with van der Waals surface area (Å²) in [6, 6.07) is 16.2. The van der Waals surface area contributed by atoms with Gasteiger partial charge in [0.2, 0.25) is 5.13 Å². The van der Waals surface area contributed by atoms with Crippen molar-refractivity contribution in [3.63, 3.8) is 0 Å². The Kier molecular flexibility index (Phi) is 4.99. The maximum absolute atomic E-state index is 12.9. The van der Waals surface area contributed by atoms with Gasteiger partial charge >= 0.3 is 0 Å². The van der Waals surface area contributed by atoms with Gasteiger partial charge in [0.15, 0.2) is 0 Å². The third kappa shape index (κ3) is 3.84. The summed E-state index contributed by atoms with van der Waals surface area (Å²) in [5, 5.41) is 15.6. The lowest BCUT2D eigenvalue weighted by Crippen LogP contribution is -2.12. The van der Waals surface area contributed by atoms with Crippen molar-refractivity contribution < 1.29 is 4.79 Å². The first-order valence-electron chi connectivity index (χ1n) is 8.86. The molecule has 2 aromatic carbocycles. The molecule has 4 aromatic rings. The zero-order valence-electron chi connectivity index (χ0n) is 15.6. The normalized spacial score (nSPS) is 10.8. The van der Waals surface area contributed by atoms with Crippen LogP contribution in [0.1, 0.15) is 27.0 Å². The van der Waals surface area contributed by atoms with Gasteiger partial charge in [0.1, 0.15) is 11.2 Å². The zero-order valence-corrected chi connectivity index (χ0v) is 16.4. The Morgan fingerprint density at radius 2 is 1.93 bits per heavy atom. The molecule has 0 radical (unpaired) electrons. The van der Waals surface area contributed by atoms with Gasteiger partial charge in [-0.25, -0.2) is 0 Å². The van der Waals surface area contributed by atoms with Gasteiger partial charge in [0.25, 0.3) is 5.91 Å². The van der Waals surface area contributed by atoms with Crippen LogP contribution in [0.25, 0.3) is 11.3 Å². The molecule has 1 amide bonds. The van der Waals surface area contributed by atoms with Crippen LogP contribution in [0, 0.1) is 13.8 Å². The molecule has 140 valence electrons. The molecule has 0 bridgehead atoms. The summed E-state index contributed by atoms with van der Waals surface area (Å²) in [7, 11) is 0. The molecule has 0 saturated carbocycles. The summed E-state index contributed by atoms with van der Waals surface area (Å²) < 4.78 is 1.80. The first-order chi connectivity index (χ1) is 13.6. The average Bonchev–Trinajstić information content (AvgIpc) is 3.35. The molecular weight excluding hydrogens is 370 g/mol. The van der Waals surface area contributed by atoms with Gasteiger partial charge in [-0.15, -0.1) is 10.2 Å². The summed E-state index contributed by atoms with van der Waals surface area (Å²) >= 11 is 1.28. The van der Waals surface area contributed by atoms with Crippen LogP contribution in [0.2, 0.25) is 0 Å². The van der Waals surface area contributed by atoms with Gasteiger partial charge in [-0.1, -0.05) is 53.8 Å². The van der Waals surface area contributed by atoms with Crippen molar-refractivity contribution in [1.29, 1.82) is 0 Å². The van der Waals surface area contributed by atoms with E-state index in [9.17, 15) is 4.79 Å². The number of benzene rings is 2. The molecule has 1 N–H and O–H groups in total. The highest BCUT2D eigenvalue weighted by molar-refractivity contribution is 7.13. The van der Waals surface area contributed by atoms with Crippen LogP contribution in [-0.4, -0.2) is 25.9 Å². The molecule has 0 aliphatic rings. The fourth-order valence-electron chi connectivity index (χ4n) is 2.93. The molecule has 4 rings (SSSR count). The van der Waals surface area contributed by atoms with Crippen molar-refractivity contribution in [2.45, 2.75) is 20.4 Å². The molecule has 0 fully saturated rings. The number of hydrogen-bond donors (Lipinski definition) is 1. The minimum absolute atomic E-state index is 0.246. The standard InChI is InChI=1S/C21H19N5OS/c1-14-8-9-17(10-15(14)2)19-18(20(27)23-21-24-22-13-28-21)12-26(25-19)11-16-6-4-3-5-7-16/h3-10,12-13H,11H2,1-2H3,(H,23,24,27). The van der Waals surface area contributed by atoms with Gasteiger partial charge in [-0.05, 0) is 36.6 Å². The van der Waals surface area contributed by atoms with Crippen LogP contribution < -0.4 is 5.32 Å². The van der Waals surface area contributed by atoms with Crippen LogP contribution in [0.5, 0.6) is 0 Å². The Morgan fingerprint density at radius 1 is 1.11 bits per heavy atom. The van der Waals surface area contributed by atoms with E-state index in [-0.39, 0.29) is 5.91 Å². The van der Waals surface area contributed by atoms with Crippen LogP contribution in [0.4, 0.5) is 5.13 Å². The summed E-state index contributed by atoms with van der Waals surface area (Å²) in [6.07, 6.45) is 1.79. The average molecular weight is 389 g/mol. The van der Waals surface area contributed by atoms with E-state index in [1.165, 1.54) is 16.9 Å². The molecule has 6 nitrogen and oxygen atoms in total. The fraction of sp³-hybridized carbons (Fsp3) is 0.143. The predicted octanol–water partition coefficient (Wildman–Crippen LogP) is 4.32. The number of carbonyl (C=O) groups is 1. The third-order valence-corrected chi connectivity index (χ3v) is 5.16. The highest BCUT2D eigenvalue weighted by Crippen LogP contribution is 2.26. The molecule has 0 aliphatic carbocycles. The first kappa shape index (κ1) is 18.1. The van der Waals surface area contributed by atoms with Gasteiger partial charge in [-0.3, -0.25) is 14.8 Å². The van der Waals surface area contributed by atoms with Crippen LogP contribution in [0.15, 0.2) is 60.2 Å². The first-order valence-corrected chi connectivity index (χ1v) is 9.74. The van der Waals surface area contributed by atoms with Crippen molar-refractivity contribution in [2.75, 3.05) is 5.32 Å². The molecule has 0 unspecified atom stereocenters. The number of carbonyl (C=O) groups excluding carboxylic acids is 1.